The van der Waals surface area contributed by atoms with E-state index in [-0.39, 0.29) is 12.6 Å². The highest BCUT2D eigenvalue weighted by Crippen LogP contribution is 2.43. The van der Waals surface area contributed by atoms with Crippen molar-refractivity contribution in [1.29, 1.82) is 0 Å². The van der Waals surface area contributed by atoms with Crippen LogP contribution in [0.2, 0.25) is 0 Å². The highest BCUT2D eigenvalue weighted by molar-refractivity contribution is 7.57. The second-order valence-corrected chi connectivity index (χ2v) is 8.08. The van der Waals surface area contributed by atoms with Gasteiger partial charge in [-0.1, -0.05) is 0 Å². The third-order valence-corrected chi connectivity index (χ3v) is 5.11. The number of imidazole rings is 1. The van der Waals surface area contributed by atoms with Gasteiger partial charge in [0.2, 0.25) is 13.2 Å². The normalized spacial score (nSPS) is 23.5. The molecule has 0 aromatic carbocycles. The maximum Gasteiger partial charge on any atom is 0.245 e. The summed E-state index contributed by atoms with van der Waals surface area (Å²) in [6, 6.07) is 0. The number of rotatable bonds is 7. The van der Waals surface area contributed by atoms with E-state index >= 15 is 0 Å². The molecular formula is C14H21N4O5P. The second-order valence-electron chi connectivity index (χ2n) is 5.53. The molecule has 2 aromatic heterocycles. The monoisotopic (exact) mass is 356 g/mol. The molecule has 3 unspecified atom stereocenters. The quantitative estimate of drug-likeness (QED) is 0.698. The first-order valence-electron chi connectivity index (χ1n) is 7.73. The van der Waals surface area contributed by atoms with E-state index in [9.17, 15) is 4.57 Å². The van der Waals surface area contributed by atoms with Crippen molar-refractivity contribution in [3.63, 3.8) is 0 Å². The molecule has 0 N–H and O–H groups in total. The molecule has 0 radical (unpaired) electrons. The van der Waals surface area contributed by atoms with E-state index in [1.54, 1.807) is 19.9 Å². The molecule has 9 nitrogen and oxygen atoms in total. The zero-order valence-corrected chi connectivity index (χ0v) is 14.8. The van der Waals surface area contributed by atoms with Gasteiger partial charge in [-0.3, -0.25) is 9.13 Å². The minimum absolute atomic E-state index is 0.0406. The van der Waals surface area contributed by atoms with Gasteiger partial charge in [0.15, 0.2) is 17.5 Å². The van der Waals surface area contributed by atoms with Gasteiger partial charge >= 0.3 is 0 Å². The zero-order valence-electron chi connectivity index (χ0n) is 13.9. The third-order valence-electron chi connectivity index (χ3n) is 3.68. The fraction of sp³-hybridized carbons (Fsp3) is 0.643. The first kappa shape index (κ1) is 17.3. The van der Waals surface area contributed by atoms with Crippen molar-refractivity contribution >= 4 is 18.5 Å². The van der Waals surface area contributed by atoms with Crippen LogP contribution in [-0.4, -0.2) is 52.5 Å². The van der Waals surface area contributed by atoms with E-state index in [4.69, 9.17) is 18.7 Å². The Morgan fingerprint density at radius 3 is 2.96 bits per heavy atom. The second kappa shape index (κ2) is 7.14. The molecule has 1 aliphatic rings. The van der Waals surface area contributed by atoms with Gasteiger partial charge in [0.1, 0.15) is 18.9 Å². The summed E-state index contributed by atoms with van der Waals surface area (Å²) in [6.07, 6.45) is 3.88. The number of ether oxygens (including phenoxy) is 3. The molecule has 0 amide bonds. The summed E-state index contributed by atoms with van der Waals surface area (Å²) in [7, 11) is -1.19. The van der Waals surface area contributed by atoms with Gasteiger partial charge in [0.25, 0.3) is 0 Å². The molecule has 1 aliphatic heterocycles. The fourth-order valence-corrected chi connectivity index (χ4v) is 3.69. The lowest BCUT2D eigenvalue weighted by Gasteiger charge is -2.18. The van der Waals surface area contributed by atoms with Gasteiger partial charge in [-0.25, -0.2) is 9.97 Å². The molecule has 3 rings (SSSR count). The SMILES string of the molecule is CCOP(C)(=O)COC1CCC(n2cnc3c(OC)ncnc32)O1. The van der Waals surface area contributed by atoms with Crippen molar-refractivity contribution in [2.45, 2.75) is 32.3 Å². The predicted octanol–water partition coefficient (Wildman–Crippen LogP) is 2.39. The van der Waals surface area contributed by atoms with Crippen LogP contribution in [0.15, 0.2) is 12.7 Å². The van der Waals surface area contributed by atoms with E-state index < -0.39 is 13.7 Å². The van der Waals surface area contributed by atoms with Gasteiger partial charge in [0.05, 0.1) is 20.0 Å². The number of methoxy groups -OCH3 is 1. The van der Waals surface area contributed by atoms with Crippen LogP contribution in [0.3, 0.4) is 0 Å². The fourth-order valence-electron chi connectivity index (χ4n) is 2.64. The van der Waals surface area contributed by atoms with Gasteiger partial charge in [-0.2, -0.15) is 4.98 Å². The van der Waals surface area contributed by atoms with Crippen molar-refractivity contribution in [1.82, 2.24) is 19.5 Å². The van der Waals surface area contributed by atoms with Crippen LogP contribution in [0, 0.1) is 0 Å². The van der Waals surface area contributed by atoms with Crippen LogP contribution in [-0.2, 0) is 18.6 Å². The lowest BCUT2D eigenvalue weighted by atomic mass is 10.3. The molecule has 0 aliphatic carbocycles. The Bertz CT molecular complexity index is 752. The molecule has 10 heteroatoms. The van der Waals surface area contributed by atoms with Crippen molar-refractivity contribution in [3.8, 4) is 5.88 Å². The summed E-state index contributed by atoms with van der Waals surface area (Å²) in [4.78, 5) is 12.6. The third kappa shape index (κ3) is 3.59. The van der Waals surface area contributed by atoms with Gasteiger partial charge in [0, 0.05) is 13.1 Å². The summed E-state index contributed by atoms with van der Waals surface area (Å²) in [5.74, 6) is 0.424. The Morgan fingerprint density at radius 1 is 1.38 bits per heavy atom. The van der Waals surface area contributed by atoms with Crippen LogP contribution >= 0.6 is 7.37 Å². The van der Waals surface area contributed by atoms with E-state index in [0.717, 1.165) is 6.42 Å². The smallest absolute Gasteiger partial charge is 0.245 e. The molecule has 0 saturated carbocycles. The molecular weight excluding hydrogens is 335 g/mol. The Morgan fingerprint density at radius 2 is 2.21 bits per heavy atom. The molecule has 0 bridgehead atoms. The Kier molecular flexibility index (Phi) is 5.15. The van der Waals surface area contributed by atoms with E-state index in [0.29, 0.717) is 30.1 Å². The van der Waals surface area contributed by atoms with Crippen LogP contribution in [0.5, 0.6) is 5.88 Å². The zero-order chi connectivity index (χ0) is 17.2. The molecule has 3 atom stereocenters. The van der Waals surface area contributed by atoms with E-state index in [1.807, 2.05) is 4.57 Å². The summed E-state index contributed by atoms with van der Waals surface area (Å²) in [5, 5.41) is 0. The van der Waals surface area contributed by atoms with Crippen LogP contribution in [0.4, 0.5) is 0 Å². The lowest BCUT2D eigenvalue weighted by Crippen LogP contribution is -2.15. The maximum atomic E-state index is 12.1. The van der Waals surface area contributed by atoms with Gasteiger partial charge < -0.3 is 18.7 Å². The Labute approximate surface area is 139 Å². The van der Waals surface area contributed by atoms with Crippen LogP contribution in [0.25, 0.3) is 11.2 Å². The number of hydrogen-bond donors (Lipinski definition) is 0. The summed E-state index contributed by atoms with van der Waals surface area (Å²) < 4.78 is 35.8. The average molecular weight is 356 g/mol. The van der Waals surface area contributed by atoms with Crippen LogP contribution < -0.4 is 4.74 Å². The number of aromatic nitrogens is 4. The van der Waals surface area contributed by atoms with Gasteiger partial charge in [-0.05, 0) is 13.3 Å². The highest BCUT2D eigenvalue weighted by Gasteiger charge is 2.30. The lowest BCUT2D eigenvalue weighted by molar-refractivity contribution is -0.139. The summed E-state index contributed by atoms with van der Waals surface area (Å²) in [6.45, 7) is 3.77. The molecule has 2 aromatic rings. The highest BCUT2D eigenvalue weighted by atomic mass is 31.2. The average Bonchev–Trinajstić information content (AvgIpc) is 3.19. The van der Waals surface area contributed by atoms with E-state index in [1.165, 1.54) is 13.4 Å². The Hall–Kier alpha value is -1.54. The molecule has 0 spiro atoms. The first-order chi connectivity index (χ1) is 11.5. The summed E-state index contributed by atoms with van der Waals surface area (Å²) in [5.41, 5.74) is 1.23. The van der Waals surface area contributed by atoms with E-state index in [2.05, 4.69) is 15.0 Å². The molecule has 24 heavy (non-hydrogen) atoms. The van der Waals surface area contributed by atoms with Crippen LogP contribution in [0.1, 0.15) is 26.0 Å². The van der Waals surface area contributed by atoms with Crippen molar-refractivity contribution in [2.75, 3.05) is 26.7 Å². The number of fused-ring (bicyclic) bond motifs is 1. The molecule has 1 fully saturated rings. The molecule has 132 valence electrons. The molecule has 3 heterocycles. The predicted molar refractivity (Wildman–Crippen MR) is 86.1 cm³/mol. The van der Waals surface area contributed by atoms with Crippen molar-refractivity contribution in [2.24, 2.45) is 0 Å². The number of hydrogen-bond acceptors (Lipinski definition) is 8. The standard InChI is InChI=1S/C14H21N4O5P/c1-4-22-24(3,19)9-21-11-6-5-10(23-11)18-8-17-12-13(18)15-7-16-14(12)20-2/h7-8,10-11H,4-6,9H2,1-3H3. The number of nitrogens with zero attached hydrogens (tertiary/aromatic N) is 4. The summed E-state index contributed by atoms with van der Waals surface area (Å²) >= 11 is 0. The molecule has 1 saturated heterocycles. The largest absolute Gasteiger partial charge is 0.479 e. The first-order valence-corrected chi connectivity index (χ1v) is 9.99. The van der Waals surface area contributed by atoms with Gasteiger partial charge in [-0.15, -0.1) is 0 Å². The topological polar surface area (TPSA) is 97.6 Å². The minimum atomic E-state index is -2.73. The Balaban J connectivity index is 1.67. The minimum Gasteiger partial charge on any atom is -0.479 e. The maximum absolute atomic E-state index is 12.1. The van der Waals surface area contributed by atoms with Crippen molar-refractivity contribution in [3.05, 3.63) is 12.7 Å². The van der Waals surface area contributed by atoms with Crippen molar-refractivity contribution < 1.29 is 23.3 Å².